The molecule has 2 rings (SSSR count). The molecule has 0 saturated carbocycles. The second-order valence-electron chi connectivity index (χ2n) is 4.87. The molecule has 0 amide bonds. The maximum atomic E-state index is 11.8. The Morgan fingerprint density at radius 1 is 1.04 bits per heavy atom. The number of ether oxygens (including phenoxy) is 1. The van der Waals surface area contributed by atoms with Gasteiger partial charge in [0.2, 0.25) is 0 Å². The fourth-order valence-corrected chi connectivity index (χ4v) is 2.14. The average molecular weight is 315 g/mol. The molecule has 120 valence electrons. The molecule has 0 radical (unpaired) electrons. The zero-order valence-corrected chi connectivity index (χ0v) is 12.5. The molecular weight excluding hydrogens is 298 g/mol. The van der Waals surface area contributed by atoms with E-state index < -0.39 is 17.2 Å². The van der Waals surface area contributed by atoms with Gasteiger partial charge in [-0.3, -0.25) is 0 Å². The summed E-state index contributed by atoms with van der Waals surface area (Å²) in [6, 6.07) is 17.6. The van der Waals surface area contributed by atoms with Crippen molar-refractivity contribution in [2.45, 2.75) is 18.9 Å². The molecule has 0 spiro atoms. The SMILES string of the molecule is O=C(OCCCC(O[N+](=O)[O-])c1ccccc1)c1ccccc1. The van der Waals surface area contributed by atoms with Gasteiger partial charge in [0, 0.05) is 0 Å². The number of rotatable bonds is 8. The zero-order chi connectivity index (χ0) is 16.5. The maximum Gasteiger partial charge on any atom is 0.338 e. The fraction of sp³-hybridized carbons (Fsp3) is 0.235. The summed E-state index contributed by atoms with van der Waals surface area (Å²) in [4.78, 5) is 27.1. The van der Waals surface area contributed by atoms with E-state index in [1.54, 1.807) is 48.5 Å². The minimum Gasteiger partial charge on any atom is -0.462 e. The van der Waals surface area contributed by atoms with E-state index in [2.05, 4.69) is 0 Å². The lowest BCUT2D eigenvalue weighted by atomic mass is 10.1. The molecule has 0 N–H and O–H groups in total. The molecule has 0 aliphatic carbocycles. The third-order valence-corrected chi connectivity index (χ3v) is 3.24. The standard InChI is InChI=1S/C17H17NO5/c19-17(15-10-5-2-6-11-15)22-13-7-12-16(23-18(20)21)14-8-3-1-4-9-14/h1-6,8-11,16H,7,12-13H2. The van der Waals surface area contributed by atoms with Gasteiger partial charge >= 0.3 is 5.97 Å². The van der Waals surface area contributed by atoms with Crippen molar-refractivity contribution < 1.29 is 19.5 Å². The molecule has 1 atom stereocenters. The van der Waals surface area contributed by atoms with E-state index in [9.17, 15) is 14.9 Å². The minimum absolute atomic E-state index is 0.179. The molecule has 0 fully saturated rings. The highest BCUT2D eigenvalue weighted by molar-refractivity contribution is 5.89. The normalized spacial score (nSPS) is 11.5. The number of hydrogen-bond acceptors (Lipinski definition) is 5. The van der Waals surface area contributed by atoms with Crippen LogP contribution in [-0.2, 0) is 9.57 Å². The van der Waals surface area contributed by atoms with Gasteiger partial charge in [-0.25, -0.2) is 4.79 Å². The number of esters is 1. The molecule has 2 aromatic carbocycles. The Morgan fingerprint density at radius 3 is 2.26 bits per heavy atom. The van der Waals surface area contributed by atoms with Crippen LogP contribution in [-0.4, -0.2) is 17.7 Å². The molecule has 0 aliphatic heterocycles. The van der Waals surface area contributed by atoms with Crippen LogP contribution in [0.2, 0.25) is 0 Å². The number of carbonyl (C=O) groups excluding carboxylic acids is 1. The molecule has 6 heteroatoms. The molecule has 0 aliphatic rings. The quantitative estimate of drug-likeness (QED) is 0.322. The van der Waals surface area contributed by atoms with E-state index in [1.165, 1.54) is 0 Å². The summed E-state index contributed by atoms with van der Waals surface area (Å²) in [5, 5.41) is 9.81. The van der Waals surface area contributed by atoms with Gasteiger partial charge in [0.05, 0.1) is 12.2 Å². The Balaban J connectivity index is 1.82. The Hall–Kier alpha value is -2.89. The zero-order valence-electron chi connectivity index (χ0n) is 12.5. The highest BCUT2D eigenvalue weighted by atomic mass is 17.0. The highest BCUT2D eigenvalue weighted by Gasteiger charge is 2.16. The number of nitrogens with zero attached hydrogens (tertiary/aromatic N) is 1. The lowest BCUT2D eigenvalue weighted by molar-refractivity contribution is -0.771. The van der Waals surface area contributed by atoms with Crippen molar-refractivity contribution in [1.29, 1.82) is 0 Å². The van der Waals surface area contributed by atoms with Crippen molar-refractivity contribution >= 4 is 5.97 Å². The van der Waals surface area contributed by atoms with Gasteiger partial charge in [0.25, 0.3) is 5.09 Å². The van der Waals surface area contributed by atoms with Crippen molar-refractivity contribution in [3.05, 3.63) is 81.9 Å². The lowest BCUT2D eigenvalue weighted by Gasteiger charge is -2.15. The summed E-state index contributed by atoms with van der Waals surface area (Å²) >= 11 is 0. The van der Waals surface area contributed by atoms with Crippen LogP contribution in [0.15, 0.2) is 60.7 Å². The summed E-state index contributed by atoms with van der Waals surface area (Å²) in [7, 11) is 0. The van der Waals surface area contributed by atoms with Crippen molar-refractivity contribution in [3.8, 4) is 0 Å². The van der Waals surface area contributed by atoms with Crippen LogP contribution in [0.1, 0.15) is 34.9 Å². The molecule has 0 saturated heterocycles. The van der Waals surface area contributed by atoms with Gasteiger partial charge in [-0.05, 0) is 30.5 Å². The molecular formula is C17H17NO5. The molecule has 0 heterocycles. The largest absolute Gasteiger partial charge is 0.462 e. The predicted octanol–water partition coefficient (Wildman–Crippen LogP) is 3.57. The lowest BCUT2D eigenvalue weighted by Crippen LogP contribution is -2.12. The van der Waals surface area contributed by atoms with E-state index in [0.29, 0.717) is 18.4 Å². The summed E-state index contributed by atoms with van der Waals surface area (Å²) in [6.07, 6.45) is 0.181. The van der Waals surface area contributed by atoms with Gasteiger partial charge in [0.15, 0.2) is 0 Å². The third kappa shape index (κ3) is 5.43. The highest BCUT2D eigenvalue weighted by Crippen LogP contribution is 2.22. The number of carbonyl (C=O) groups is 1. The fourth-order valence-electron chi connectivity index (χ4n) is 2.14. The second-order valence-corrected chi connectivity index (χ2v) is 4.87. The molecule has 6 nitrogen and oxygen atoms in total. The van der Waals surface area contributed by atoms with Crippen LogP contribution in [0, 0.1) is 10.1 Å². The summed E-state index contributed by atoms with van der Waals surface area (Å²) in [5.74, 6) is -0.406. The van der Waals surface area contributed by atoms with E-state index in [-0.39, 0.29) is 6.61 Å². The van der Waals surface area contributed by atoms with Gasteiger partial charge in [0.1, 0.15) is 6.10 Å². The van der Waals surface area contributed by atoms with Crippen LogP contribution in [0.25, 0.3) is 0 Å². The first-order valence-electron chi connectivity index (χ1n) is 7.25. The summed E-state index contributed by atoms with van der Waals surface area (Å²) in [6.45, 7) is 0.179. The van der Waals surface area contributed by atoms with Gasteiger partial charge < -0.3 is 9.57 Å². The Bertz CT molecular complexity index is 630. The van der Waals surface area contributed by atoms with Gasteiger partial charge in [-0.2, -0.15) is 0 Å². The Kier molecular flexibility index (Phi) is 6.11. The summed E-state index contributed by atoms with van der Waals surface area (Å²) < 4.78 is 5.15. The van der Waals surface area contributed by atoms with E-state index >= 15 is 0 Å². The number of benzene rings is 2. The Labute approximate surface area is 133 Å². The van der Waals surface area contributed by atoms with Crippen LogP contribution in [0.4, 0.5) is 0 Å². The predicted molar refractivity (Wildman–Crippen MR) is 83.2 cm³/mol. The first kappa shape index (κ1) is 16.5. The monoisotopic (exact) mass is 315 g/mol. The average Bonchev–Trinajstić information content (AvgIpc) is 2.58. The van der Waals surface area contributed by atoms with Crippen molar-refractivity contribution in [1.82, 2.24) is 0 Å². The van der Waals surface area contributed by atoms with E-state index in [4.69, 9.17) is 9.57 Å². The van der Waals surface area contributed by atoms with E-state index in [0.717, 1.165) is 5.56 Å². The van der Waals surface area contributed by atoms with Crippen molar-refractivity contribution in [3.63, 3.8) is 0 Å². The van der Waals surface area contributed by atoms with Crippen LogP contribution in [0.3, 0.4) is 0 Å². The van der Waals surface area contributed by atoms with Gasteiger partial charge in [-0.15, -0.1) is 10.1 Å². The molecule has 0 aromatic heterocycles. The van der Waals surface area contributed by atoms with Crippen LogP contribution < -0.4 is 0 Å². The van der Waals surface area contributed by atoms with Crippen molar-refractivity contribution in [2.75, 3.05) is 6.61 Å². The van der Waals surface area contributed by atoms with Crippen LogP contribution in [0.5, 0.6) is 0 Å². The molecule has 1 unspecified atom stereocenters. The van der Waals surface area contributed by atoms with Gasteiger partial charge in [-0.1, -0.05) is 48.5 Å². The van der Waals surface area contributed by atoms with E-state index in [1.807, 2.05) is 12.1 Å². The topological polar surface area (TPSA) is 78.7 Å². The first-order chi connectivity index (χ1) is 11.2. The smallest absolute Gasteiger partial charge is 0.338 e. The summed E-state index contributed by atoms with van der Waals surface area (Å²) in [5.41, 5.74) is 1.20. The van der Waals surface area contributed by atoms with Crippen LogP contribution >= 0.6 is 0 Å². The molecule has 2 aromatic rings. The second kappa shape index (κ2) is 8.53. The Morgan fingerprint density at radius 2 is 1.65 bits per heavy atom. The first-order valence-corrected chi connectivity index (χ1v) is 7.25. The maximum absolute atomic E-state index is 11.8. The number of hydrogen-bond donors (Lipinski definition) is 0. The third-order valence-electron chi connectivity index (χ3n) is 3.24. The molecule has 0 bridgehead atoms. The minimum atomic E-state index is -0.798. The molecule has 23 heavy (non-hydrogen) atoms. The van der Waals surface area contributed by atoms with Crippen molar-refractivity contribution in [2.24, 2.45) is 0 Å².